The molecule has 5 nitrogen and oxygen atoms in total. The van der Waals surface area contributed by atoms with E-state index >= 15 is 0 Å². The third-order valence-electron chi connectivity index (χ3n) is 2.72. The number of nitrogens with one attached hydrogen (secondary N) is 2. The second-order valence-electron chi connectivity index (χ2n) is 5.84. The number of furan rings is 1. The molecular weight excluding hydrogens is 256 g/mol. The van der Waals surface area contributed by atoms with Crippen molar-refractivity contribution in [1.82, 2.24) is 10.3 Å². The van der Waals surface area contributed by atoms with Gasteiger partial charge in [-0.1, -0.05) is 20.8 Å². The van der Waals surface area contributed by atoms with E-state index in [9.17, 15) is 9.59 Å². The van der Waals surface area contributed by atoms with Crippen LogP contribution in [0.4, 0.5) is 0 Å². The monoisotopic (exact) mass is 274 g/mol. The van der Waals surface area contributed by atoms with Gasteiger partial charge in [0, 0.05) is 6.54 Å². The molecule has 2 aromatic heterocycles. The largest absolute Gasteiger partial charge is 0.463 e. The van der Waals surface area contributed by atoms with E-state index in [-0.39, 0.29) is 16.9 Å². The number of H-pyrrole nitrogens is 1. The highest BCUT2D eigenvalue weighted by Gasteiger charge is 2.15. The van der Waals surface area contributed by atoms with E-state index in [2.05, 4.69) is 10.3 Å². The summed E-state index contributed by atoms with van der Waals surface area (Å²) in [6.07, 6.45) is 1.53. The van der Waals surface area contributed by atoms with Crippen molar-refractivity contribution in [3.8, 4) is 11.5 Å². The molecule has 106 valence electrons. The highest BCUT2D eigenvalue weighted by Crippen LogP contribution is 2.15. The van der Waals surface area contributed by atoms with E-state index in [1.54, 1.807) is 18.2 Å². The van der Waals surface area contributed by atoms with Crippen LogP contribution < -0.4 is 10.9 Å². The molecule has 0 aromatic carbocycles. The zero-order chi connectivity index (χ0) is 14.8. The minimum Gasteiger partial charge on any atom is -0.463 e. The lowest BCUT2D eigenvalue weighted by Gasteiger charge is -2.18. The lowest BCUT2D eigenvalue weighted by molar-refractivity contribution is 0.0938. The Hall–Kier alpha value is -2.30. The molecule has 0 fully saturated rings. The van der Waals surface area contributed by atoms with Crippen molar-refractivity contribution in [2.24, 2.45) is 5.41 Å². The first kappa shape index (κ1) is 14.1. The van der Waals surface area contributed by atoms with Crippen molar-refractivity contribution in [3.05, 3.63) is 46.4 Å². The number of aromatic nitrogens is 1. The van der Waals surface area contributed by atoms with E-state index < -0.39 is 5.56 Å². The molecule has 0 spiro atoms. The molecule has 0 radical (unpaired) electrons. The molecule has 2 aromatic rings. The molecule has 2 heterocycles. The van der Waals surface area contributed by atoms with Gasteiger partial charge in [0.1, 0.15) is 11.3 Å². The minimum atomic E-state index is -0.426. The fourth-order valence-corrected chi connectivity index (χ4v) is 1.67. The average molecular weight is 274 g/mol. The van der Waals surface area contributed by atoms with Crippen LogP contribution in [0.3, 0.4) is 0 Å². The molecule has 2 N–H and O–H groups in total. The molecule has 20 heavy (non-hydrogen) atoms. The van der Waals surface area contributed by atoms with Crippen LogP contribution in [0.25, 0.3) is 11.5 Å². The molecule has 0 aliphatic heterocycles. The normalized spacial score (nSPS) is 11.3. The van der Waals surface area contributed by atoms with E-state index in [0.29, 0.717) is 18.0 Å². The van der Waals surface area contributed by atoms with Crippen molar-refractivity contribution < 1.29 is 9.21 Å². The average Bonchev–Trinajstić information content (AvgIpc) is 2.88. The van der Waals surface area contributed by atoms with Gasteiger partial charge < -0.3 is 14.7 Å². The lowest BCUT2D eigenvalue weighted by Crippen LogP contribution is -2.35. The van der Waals surface area contributed by atoms with E-state index in [1.165, 1.54) is 12.3 Å². The van der Waals surface area contributed by atoms with Crippen LogP contribution in [-0.2, 0) is 0 Å². The summed E-state index contributed by atoms with van der Waals surface area (Å²) in [5, 5.41) is 2.75. The van der Waals surface area contributed by atoms with E-state index in [0.717, 1.165) is 0 Å². The van der Waals surface area contributed by atoms with Crippen LogP contribution in [0, 0.1) is 5.41 Å². The molecule has 2 rings (SSSR count). The summed E-state index contributed by atoms with van der Waals surface area (Å²) in [5.74, 6) is 0.191. The van der Waals surface area contributed by atoms with Gasteiger partial charge >= 0.3 is 0 Å². The van der Waals surface area contributed by atoms with E-state index in [4.69, 9.17) is 4.42 Å². The topological polar surface area (TPSA) is 75.1 Å². The van der Waals surface area contributed by atoms with Gasteiger partial charge in [0.05, 0.1) is 12.0 Å². The SMILES string of the molecule is CC(C)(C)CNC(=O)c1ccc(-c2ccco2)[nH]c1=O. The minimum absolute atomic E-state index is 0.0312. The number of aromatic amines is 1. The fraction of sp³-hybridized carbons (Fsp3) is 0.333. The molecule has 0 saturated heterocycles. The highest BCUT2D eigenvalue weighted by atomic mass is 16.3. The Labute approximate surface area is 117 Å². The number of hydrogen-bond donors (Lipinski definition) is 2. The molecule has 0 aliphatic carbocycles. The zero-order valence-electron chi connectivity index (χ0n) is 11.8. The maximum atomic E-state index is 12.0. The molecule has 0 aliphatic rings. The third-order valence-corrected chi connectivity index (χ3v) is 2.72. The van der Waals surface area contributed by atoms with Gasteiger partial charge in [-0.05, 0) is 29.7 Å². The smallest absolute Gasteiger partial charge is 0.261 e. The number of rotatable bonds is 3. The molecule has 0 atom stereocenters. The third kappa shape index (κ3) is 3.38. The fourth-order valence-electron chi connectivity index (χ4n) is 1.67. The first-order chi connectivity index (χ1) is 9.37. The summed E-state index contributed by atoms with van der Waals surface area (Å²) < 4.78 is 5.20. The van der Waals surface area contributed by atoms with Gasteiger partial charge in [0.25, 0.3) is 11.5 Å². The summed E-state index contributed by atoms with van der Waals surface area (Å²) in [6, 6.07) is 6.64. The second kappa shape index (κ2) is 5.36. The Kier molecular flexibility index (Phi) is 3.79. The van der Waals surface area contributed by atoms with Crippen LogP contribution in [0.15, 0.2) is 39.7 Å². The van der Waals surface area contributed by atoms with Crippen LogP contribution in [0.5, 0.6) is 0 Å². The van der Waals surface area contributed by atoms with Crippen molar-refractivity contribution in [2.75, 3.05) is 6.54 Å². The van der Waals surface area contributed by atoms with Gasteiger partial charge in [-0.3, -0.25) is 9.59 Å². The Bertz CT molecular complexity index is 648. The quantitative estimate of drug-likeness (QED) is 0.902. The zero-order valence-corrected chi connectivity index (χ0v) is 11.8. The Morgan fingerprint density at radius 3 is 2.60 bits per heavy atom. The predicted octanol–water partition coefficient (Wildman–Crippen LogP) is 2.41. The number of hydrogen-bond acceptors (Lipinski definition) is 3. The maximum absolute atomic E-state index is 12.0. The summed E-state index contributed by atoms with van der Waals surface area (Å²) >= 11 is 0. The lowest BCUT2D eigenvalue weighted by atomic mass is 9.97. The number of pyridine rings is 1. The van der Waals surface area contributed by atoms with Gasteiger partial charge in [0.2, 0.25) is 0 Å². The molecule has 5 heteroatoms. The number of carbonyl (C=O) groups excluding carboxylic acids is 1. The van der Waals surface area contributed by atoms with Crippen molar-refractivity contribution in [3.63, 3.8) is 0 Å². The molecule has 0 saturated carbocycles. The summed E-state index contributed by atoms with van der Waals surface area (Å²) in [5.41, 5.74) is 0.193. The Morgan fingerprint density at radius 1 is 1.30 bits per heavy atom. The van der Waals surface area contributed by atoms with Crippen LogP contribution in [0.2, 0.25) is 0 Å². The second-order valence-corrected chi connectivity index (χ2v) is 5.84. The number of carbonyl (C=O) groups is 1. The van der Waals surface area contributed by atoms with Crippen molar-refractivity contribution >= 4 is 5.91 Å². The standard InChI is InChI=1S/C15H18N2O3/c1-15(2,3)9-16-13(18)10-6-7-11(17-14(10)19)12-5-4-8-20-12/h4-8H,9H2,1-3H3,(H,16,18)(H,17,19). The Balaban J connectivity index is 2.18. The van der Waals surface area contributed by atoms with Gasteiger partial charge in [-0.25, -0.2) is 0 Å². The van der Waals surface area contributed by atoms with Crippen molar-refractivity contribution in [2.45, 2.75) is 20.8 Å². The van der Waals surface area contributed by atoms with E-state index in [1.807, 2.05) is 20.8 Å². The summed E-state index contributed by atoms with van der Waals surface area (Å²) in [7, 11) is 0. The highest BCUT2D eigenvalue weighted by molar-refractivity contribution is 5.94. The van der Waals surface area contributed by atoms with Crippen molar-refractivity contribution in [1.29, 1.82) is 0 Å². The first-order valence-electron chi connectivity index (χ1n) is 6.42. The summed E-state index contributed by atoms with van der Waals surface area (Å²) in [4.78, 5) is 26.5. The predicted molar refractivity (Wildman–Crippen MR) is 76.6 cm³/mol. The molecular formula is C15H18N2O3. The molecule has 0 unspecified atom stereocenters. The van der Waals surface area contributed by atoms with Crippen LogP contribution >= 0.6 is 0 Å². The van der Waals surface area contributed by atoms with Crippen LogP contribution in [-0.4, -0.2) is 17.4 Å². The van der Waals surface area contributed by atoms with Gasteiger partial charge in [0.15, 0.2) is 0 Å². The summed E-state index contributed by atoms with van der Waals surface area (Å²) in [6.45, 7) is 6.54. The molecule has 1 amide bonds. The maximum Gasteiger partial charge on any atom is 0.261 e. The van der Waals surface area contributed by atoms with Gasteiger partial charge in [-0.15, -0.1) is 0 Å². The van der Waals surface area contributed by atoms with Gasteiger partial charge in [-0.2, -0.15) is 0 Å². The number of amides is 1. The first-order valence-corrected chi connectivity index (χ1v) is 6.42. The van der Waals surface area contributed by atoms with Crippen LogP contribution in [0.1, 0.15) is 31.1 Å². The molecule has 0 bridgehead atoms. The Morgan fingerprint density at radius 2 is 2.05 bits per heavy atom.